The molecule has 2 aromatic heterocycles. The number of anilines is 1. The van der Waals surface area contributed by atoms with Crippen molar-refractivity contribution in [1.82, 2.24) is 10.1 Å². The maximum Gasteiger partial charge on any atom is 0.323 e. The van der Waals surface area contributed by atoms with Crippen LogP contribution < -0.4 is 5.32 Å². The van der Waals surface area contributed by atoms with Crippen molar-refractivity contribution in [3.8, 4) is 0 Å². The summed E-state index contributed by atoms with van der Waals surface area (Å²) in [6, 6.07) is 5.30. The van der Waals surface area contributed by atoms with Crippen molar-refractivity contribution in [2.75, 3.05) is 25.0 Å². The van der Waals surface area contributed by atoms with Gasteiger partial charge in [-0.25, -0.2) is 4.79 Å². The summed E-state index contributed by atoms with van der Waals surface area (Å²) in [5.74, 6) is 2.96. The van der Waals surface area contributed by atoms with Crippen LogP contribution in [0.1, 0.15) is 43.2 Å². The number of furan rings is 1. The zero-order valence-electron chi connectivity index (χ0n) is 13.5. The predicted molar refractivity (Wildman–Crippen MR) is 83.3 cm³/mol. The second-order valence-electron chi connectivity index (χ2n) is 5.95. The Morgan fingerprint density at radius 3 is 2.91 bits per heavy atom. The fourth-order valence-electron chi connectivity index (χ4n) is 2.44. The highest BCUT2D eigenvalue weighted by molar-refractivity contribution is 5.88. The summed E-state index contributed by atoms with van der Waals surface area (Å²) in [7, 11) is 0. The number of aryl methyl sites for hydroxylation is 1. The van der Waals surface area contributed by atoms with Crippen LogP contribution >= 0.6 is 0 Å². The number of morpholine rings is 1. The molecule has 1 aliphatic heterocycles. The molecule has 0 aromatic carbocycles. The van der Waals surface area contributed by atoms with E-state index in [1.165, 1.54) is 0 Å². The Hall–Kier alpha value is -2.28. The lowest BCUT2D eigenvalue weighted by atomic mass is 10.2. The second kappa shape index (κ2) is 6.45. The molecular weight excluding hydrogens is 298 g/mol. The van der Waals surface area contributed by atoms with Gasteiger partial charge < -0.3 is 18.6 Å². The van der Waals surface area contributed by atoms with Crippen molar-refractivity contribution in [3.05, 3.63) is 35.5 Å². The van der Waals surface area contributed by atoms with Crippen LogP contribution in [-0.2, 0) is 4.74 Å². The van der Waals surface area contributed by atoms with Gasteiger partial charge in [-0.3, -0.25) is 5.32 Å². The number of urea groups is 1. The first kappa shape index (κ1) is 15.6. The lowest BCUT2D eigenvalue weighted by Gasteiger charge is -2.31. The average Bonchev–Trinajstić information content (AvgIpc) is 3.16. The fraction of sp³-hybridized carbons (Fsp3) is 0.500. The topological polar surface area (TPSA) is 80.7 Å². The maximum atomic E-state index is 12.4. The molecule has 0 bridgehead atoms. The van der Waals surface area contributed by atoms with Crippen LogP contribution in [0.5, 0.6) is 0 Å². The van der Waals surface area contributed by atoms with Gasteiger partial charge in [0, 0.05) is 18.5 Å². The largest absolute Gasteiger partial charge is 0.464 e. The molecule has 0 spiro atoms. The van der Waals surface area contributed by atoms with Crippen LogP contribution in [0.3, 0.4) is 0 Å². The average molecular weight is 319 g/mol. The van der Waals surface area contributed by atoms with Gasteiger partial charge in [-0.05, 0) is 19.1 Å². The first-order valence-electron chi connectivity index (χ1n) is 7.73. The molecule has 0 unspecified atom stereocenters. The van der Waals surface area contributed by atoms with E-state index in [2.05, 4.69) is 10.5 Å². The second-order valence-corrected chi connectivity index (χ2v) is 5.95. The predicted octanol–water partition coefficient (Wildman–Crippen LogP) is 3.30. The molecule has 0 aliphatic carbocycles. The summed E-state index contributed by atoms with van der Waals surface area (Å²) in [4.78, 5) is 14.1. The number of carbonyl (C=O) groups excluding carboxylic acids is 1. The summed E-state index contributed by atoms with van der Waals surface area (Å²) >= 11 is 0. The molecule has 3 heterocycles. The van der Waals surface area contributed by atoms with Gasteiger partial charge >= 0.3 is 6.03 Å². The number of hydrogen-bond donors (Lipinski definition) is 1. The Labute approximate surface area is 134 Å². The molecule has 1 aliphatic rings. The molecule has 7 heteroatoms. The molecule has 0 saturated carbocycles. The maximum absolute atomic E-state index is 12.4. The molecule has 124 valence electrons. The Balaban J connectivity index is 1.62. The number of nitrogens with one attached hydrogen (secondary N) is 1. The van der Waals surface area contributed by atoms with Crippen molar-refractivity contribution >= 4 is 11.8 Å². The Morgan fingerprint density at radius 1 is 1.43 bits per heavy atom. The van der Waals surface area contributed by atoms with Crippen LogP contribution in [0, 0.1) is 6.92 Å². The normalized spacial score (nSPS) is 18.4. The van der Waals surface area contributed by atoms with Gasteiger partial charge in [0.05, 0.1) is 13.2 Å². The molecule has 2 amide bonds. The van der Waals surface area contributed by atoms with Crippen molar-refractivity contribution in [2.24, 2.45) is 0 Å². The number of aromatic nitrogens is 1. The molecule has 1 saturated heterocycles. The SMILES string of the molecule is Cc1ccc([C@H]2CN(C(=O)Nc3cc(C(C)C)on3)CCO2)o1. The third-order valence-corrected chi connectivity index (χ3v) is 3.76. The zero-order chi connectivity index (χ0) is 16.4. The zero-order valence-corrected chi connectivity index (χ0v) is 13.5. The molecule has 1 fully saturated rings. The molecule has 1 atom stereocenters. The number of amides is 2. The van der Waals surface area contributed by atoms with Crippen molar-refractivity contribution in [1.29, 1.82) is 0 Å². The quantitative estimate of drug-likeness (QED) is 0.938. The van der Waals surface area contributed by atoms with E-state index in [0.717, 1.165) is 17.3 Å². The van der Waals surface area contributed by atoms with Gasteiger partial charge in [0.2, 0.25) is 0 Å². The van der Waals surface area contributed by atoms with E-state index in [9.17, 15) is 4.79 Å². The molecule has 3 rings (SSSR count). The smallest absolute Gasteiger partial charge is 0.323 e. The summed E-state index contributed by atoms with van der Waals surface area (Å²) in [6.07, 6.45) is -0.244. The number of ether oxygens (including phenoxy) is 1. The molecule has 2 aromatic rings. The van der Waals surface area contributed by atoms with Gasteiger partial charge in [-0.2, -0.15) is 0 Å². The van der Waals surface area contributed by atoms with Gasteiger partial charge in [0.25, 0.3) is 0 Å². The summed E-state index contributed by atoms with van der Waals surface area (Å²) in [5.41, 5.74) is 0. The van der Waals surface area contributed by atoms with Gasteiger partial charge in [0.15, 0.2) is 5.82 Å². The number of hydrogen-bond acceptors (Lipinski definition) is 5. The van der Waals surface area contributed by atoms with Crippen LogP contribution in [0.15, 0.2) is 27.1 Å². The highest BCUT2D eigenvalue weighted by atomic mass is 16.5. The number of nitrogens with zero attached hydrogens (tertiary/aromatic N) is 2. The first-order chi connectivity index (χ1) is 11.0. The van der Waals surface area contributed by atoms with Crippen molar-refractivity contribution in [3.63, 3.8) is 0 Å². The summed E-state index contributed by atoms with van der Waals surface area (Å²) in [6.45, 7) is 7.32. The monoisotopic (exact) mass is 319 g/mol. The number of carbonyl (C=O) groups is 1. The van der Waals surface area contributed by atoms with Crippen molar-refractivity contribution < 1.29 is 18.5 Å². The minimum Gasteiger partial charge on any atom is -0.464 e. The minimum absolute atomic E-state index is 0.217. The highest BCUT2D eigenvalue weighted by Crippen LogP contribution is 2.24. The van der Waals surface area contributed by atoms with Crippen LogP contribution in [0.2, 0.25) is 0 Å². The van der Waals surface area contributed by atoms with Gasteiger partial charge in [-0.15, -0.1) is 0 Å². The Kier molecular flexibility index (Phi) is 4.38. The highest BCUT2D eigenvalue weighted by Gasteiger charge is 2.27. The third-order valence-electron chi connectivity index (χ3n) is 3.76. The molecule has 0 radical (unpaired) electrons. The third kappa shape index (κ3) is 3.56. The molecule has 23 heavy (non-hydrogen) atoms. The van der Waals surface area contributed by atoms with E-state index in [1.807, 2.05) is 32.9 Å². The van der Waals surface area contributed by atoms with E-state index in [0.29, 0.717) is 25.5 Å². The van der Waals surface area contributed by atoms with Gasteiger partial charge in [-0.1, -0.05) is 19.0 Å². The standard InChI is InChI=1S/C16H21N3O4/c1-10(2)13-8-15(18-23-13)17-16(20)19-6-7-21-14(9-19)12-5-4-11(3)22-12/h4-5,8,10,14H,6-7,9H2,1-3H3,(H,17,18,20)/t14-/m1/s1. The lowest BCUT2D eigenvalue weighted by molar-refractivity contribution is -0.0246. The van der Waals surface area contributed by atoms with Crippen LogP contribution in [-0.4, -0.2) is 35.8 Å². The Bertz CT molecular complexity index is 676. The van der Waals surface area contributed by atoms with Crippen molar-refractivity contribution in [2.45, 2.75) is 32.8 Å². The molecular formula is C16H21N3O4. The summed E-state index contributed by atoms with van der Waals surface area (Å²) in [5, 5.41) is 6.63. The first-order valence-corrected chi connectivity index (χ1v) is 7.73. The van der Waals surface area contributed by atoms with E-state index >= 15 is 0 Å². The number of rotatable bonds is 3. The van der Waals surface area contributed by atoms with Crippen LogP contribution in [0.4, 0.5) is 10.6 Å². The van der Waals surface area contributed by atoms with E-state index in [4.69, 9.17) is 13.7 Å². The molecule has 7 nitrogen and oxygen atoms in total. The van der Waals surface area contributed by atoms with E-state index < -0.39 is 0 Å². The lowest BCUT2D eigenvalue weighted by Crippen LogP contribution is -2.44. The Morgan fingerprint density at radius 2 is 2.26 bits per heavy atom. The molecule has 1 N–H and O–H groups in total. The van der Waals surface area contributed by atoms with E-state index in [-0.39, 0.29) is 18.1 Å². The van der Waals surface area contributed by atoms with Gasteiger partial charge in [0.1, 0.15) is 23.4 Å². The fourth-order valence-corrected chi connectivity index (χ4v) is 2.44. The minimum atomic E-state index is -0.244. The van der Waals surface area contributed by atoms with E-state index in [1.54, 1.807) is 11.0 Å². The summed E-state index contributed by atoms with van der Waals surface area (Å²) < 4.78 is 16.5. The van der Waals surface area contributed by atoms with Crippen LogP contribution in [0.25, 0.3) is 0 Å².